The van der Waals surface area contributed by atoms with Crippen LogP contribution in [0.1, 0.15) is 10.8 Å². The third-order valence-corrected chi connectivity index (χ3v) is 4.59. The van der Waals surface area contributed by atoms with Crippen LogP contribution in [0.5, 0.6) is 0 Å². The van der Waals surface area contributed by atoms with Gasteiger partial charge in [0.05, 0.1) is 23.7 Å². The lowest BCUT2D eigenvalue weighted by molar-refractivity contribution is 0.420. The third kappa shape index (κ3) is 2.86. The van der Waals surface area contributed by atoms with Crippen LogP contribution < -0.4 is 0 Å². The molecule has 0 saturated heterocycles. The molecule has 0 aliphatic carbocycles. The second kappa shape index (κ2) is 5.86. The first kappa shape index (κ1) is 13.4. The third-order valence-electron chi connectivity index (χ3n) is 2.97. The molecule has 0 aliphatic rings. The zero-order chi connectivity index (χ0) is 14.8. The molecule has 3 heterocycles. The highest BCUT2D eigenvalue weighted by Crippen LogP contribution is 2.26. The van der Waals surface area contributed by atoms with Crippen molar-refractivity contribution in [3.8, 4) is 0 Å². The van der Waals surface area contributed by atoms with Gasteiger partial charge in [-0.2, -0.15) is 0 Å². The topological polar surface area (TPSA) is 64.7 Å². The Balaban J connectivity index is 1.53. The number of thiophene rings is 1. The molecule has 5 nitrogen and oxygen atoms in total. The van der Waals surface area contributed by atoms with E-state index in [0.29, 0.717) is 17.5 Å². The molecule has 0 bridgehead atoms. The Bertz CT molecular complexity index is 905. The van der Waals surface area contributed by atoms with Gasteiger partial charge in [0.2, 0.25) is 5.89 Å². The van der Waals surface area contributed by atoms with Gasteiger partial charge in [0.15, 0.2) is 0 Å². The molecule has 0 fully saturated rings. The average molecular weight is 326 g/mol. The van der Waals surface area contributed by atoms with E-state index in [1.807, 2.05) is 35.7 Å². The number of benzene rings is 1. The summed E-state index contributed by atoms with van der Waals surface area (Å²) in [5.41, 5.74) is 1.72. The summed E-state index contributed by atoms with van der Waals surface area (Å²) in [4.78, 5) is 10.1. The van der Waals surface area contributed by atoms with Gasteiger partial charge in [-0.15, -0.1) is 21.5 Å². The van der Waals surface area contributed by atoms with Crippen LogP contribution in [0.2, 0.25) is 0 Å². The van der Waals surface area contributed by atoms with E-state index in [1.54, 1.807) is 17.5 Å². The quantitative estimate of drug-likeness (QED) is 0.568. The van der Waals surface area contributed by atoms with Gasteiger partial charge >= 0.3 is 0 Å². The fourth-order valence-electron chi connectivity index (χ4n) is 1.99. The van der Waals surface area contributed by atoms with E-state index in [9.17, 15) is 0 Å². The number of hydrogen-bond donors (Lipinski definition) is 0. The molecule has 0 spiro atoms. The largest absolute Gasteiger partial charge is 0.415 e. The fraction of sp³-hybridized carbons (Fsp3) is 0.0667. The van der Waals surface area contributed by atoms with Crippen LogP contribution in [0.3, 0.4) is 0 Å². The summed E-state index contributed by atoms with van der Waals surface area (Å²) in [5, 5.41) is 11.4. The standard InChI is InChI=1S/C15H10N4OS2/c1-2-6-12-11(5-1)16-9-14(17-12)22-15-19-18-13(20-15)8-10-4-3-7-21-10/h1-7,9H,8H2. The van der Waals surface area contributed by atoms with Crippen molar-refractivity contribution in [2.24, 2.45) is 0 Å². The normalized spacial score (nSPS) is 11.1. The average Bonchev–Trinajstić information content (AvgIpc) is 3.20. The van der Waals surface area contributed by atoms with E-state index in [-0.39, 0.29) is 0 Å². The molecule has 3 aromatic heterocycles. The van der Waals surface area contributed by atoms with Gasteiger partial charge in [-0.25, -0.2) is 4.98 Å². The molecule has 0 unspecified atom stereocenters. The minimum Gasteiger partial charge on any atom is -0.415 e. The van der Waals surface area contributed by atoms with Gasteiger partial charge in [0.25, 0.3) is 5.22 Å². The van der Waals surface area contributed by atoms with E-state index in [1.165, 1.54) is 16.6 Å². The number of nitrogens with zero attached hydrogens (tertiary/aromatic N) is 4. The summed E-state index contributed by atoms with van der Waals surface area (Å²) >= 11 is 3.00. The molecule has 0 aliphatic heterocycles. The van der Waals surface area contributed by atoms with Gasteiger partial charge < -0.3 is 4.42 Å². The Morgan fingerprint density at radius 2 is 1.95 bits per heavy atom. The predicted molar refractivity (Wildman–Crippen MR) is 85.1 cm³/mol. The molecule has 0 amide bonds. The minimum atomic E-state index is 0.483. The van der Waals surface area contributed by atoms with Crippen molar-refractivity contribution in [2.75, 3.05) is 0 Å². The minimum absolute atomic E-state index is 0.483. The van der Waals surface area contributed by atoms with Gasteiger partial charge in [-0.1, -0.05) is 18.2 Å². The molecule has 0 atom stereocenters. The highest BCUT2D eigenvalue weighted by atomic mass is 32.2. The monoisotopic (exact) mass is 326 g/mol. The van der Waals surface area contributed by atoms with Crippen molar-refractivity contribution < 1.29 is 4.42 Å². The molecule has 108 valence electrons. The number of rotatable bonds is 4. The maximum absolute atomic E-state index is 5.65. The maximum Gasteiger partial charge on any atom is 0.283 e. The number of hydrogen-bond acceptors (Lipinski definition) is 7. The van der Waals surface area contributed by atoms with Crippen LogP contribution in [-0.4, -0.2) is 20.2 Å². The molecule has 0 radical (unpaired) electrons. The van der Waals surface area contributed by atoms with E-state index in [2.05, 4.69) is 26.2 Å². The SMILES string of the molecule is c1csc(Cc2nnc(Sc3cnc4ccccc4n3)o2)c1. The Labute approximate surface area is 134 Å². The molecular formula is C15H10N4OS2. The number of fused-ring (bicyclic) bond motifs is 1. The van der Waals surface area contributed by atoms with E-state index in [0.717, 1.165) is 16.1 Å². The zero-order valence-electron chi connectivity index (χ0n) is 11.3. The first-order valence-electron chi connectivity index (χ1n) is 6.61. The molecule has 0 N–H and O–H groups in total. The van der Waals surface area contributed by atoms with Crippen molar-refractivity contribution in [3.05, 3.63) is 58.7 Å². The maximum atomic E-state index is 5.65. The first-order valence-corrected chi connectivity index (χ1v) is 8.31. The second-order valence-corrected chi connectivity index (χ2v) is 6.52. The van der Waals surface area contributed by atoms with Crippen molar-refractivity contribution >= 4 is 34.1 Å². The number of aromatic nitrogens is 4. The summed E-state index contributed by atoms with van der Waals surface area (Å²) in [6, 6.07) is 11.8. The lowest BCUT2D eigenvalue weighted by atomic mass is 10.3. The summed E-state index contributed by atoms with van der Waals surface area (Å²) in [5.74, 6) is 0.610. The Kier molecular flexibility index (Phi) is 3.57. The van der Waals surface area contributed by atoms with Crippen LogP contribution in [-0.2, 0) is 6.42 Å². The van der Waals surface area contributed by atoms with Crippen LogP contribution in [0, 0.1) is 0 Å². The predicted octanol–water partition coefficient (Wildman–Crippen LogP) is 3.82. The lowest BCUT2D eigenvalue weighted by Gasteiger charge is -1.98. The highest BCUT2D eigenvalue weighted by Gasteiger charge is 2.10. The van der Waals surface area contributed by atoms with Crippen molar-refractivity contribution in [2.45, 2.75) is 16.7 Å². The van der Waals surface area contributed by atoms with Crippen LogP contribution in [0.25, 0.3) is 11.0 Å². The van der Waals surface area contributed by atoms with Crippen molar-refractivity contribution in [1.29, 1.82) is 0 Å². The molecule has 4 aromatic rings. The fourth-order valence-corrected chi connectivity index (χ4v) is 3.34. The summed E-state index contributed by atoms with van der Waals surface area (Å²) in [6.07, 6.45) is 2.38. The smallest absolute Gasteiger partial charge is 0.283 e. The summed E-state index contributed by atoms with van der Waals surface area (Å²) in [7, 11) is 0. The molecule has 22 heavy (non-hydrogen) atoms. The van der Waals surface area contributed by atoms with Gasteiger partial charge in [0.1, 0.15) is 5.03 Å². The van der Waals surface area contributed by atoms with Crippen LogP contribution in [0.4, 0.5) is 0 Å². The van der Waals surface area contributed by atoms with Gasteiger partial charge in [0, 0.05) is 4.88 Å². The van der Waals surface area contributed by atoms with Crippen LogP contribution >= 0.6 is 23.1 Å². The second-order valence-electron chi connectivity index (χ2n) is 4.52. The Hall–Kier alpha value is -2.25. The van der Waals surface area contributed by atoms with E-state index in [4.69, 9.17) is 4.42 Å². The van der Waals surface area contributed by atoms with E-state index >= 15 is 0 Å². The first-order chi connectivity index (χ1) is 10.9. The van der Waals surface area contributed by atoms with Gasteiger partial charge in [-0.05, 0) is 35.3 Å². The van der Waals surface area contributed by atoms with Crippen LogP contribution in [0.15, 0.2) is 62.6 Å². The lowest BCUT2D eigenvalue weighted by Crippen LogP contribution is -1.86. The molecular weight excluding hydrogens is 316 g/mol. The molecule has 4 rings (SSSR count). The van der Waals surface area contributed by atoms with Gasteiger partial charge in [-0.3, -0.25) is 4.98 Å². The molecule has 1 aromatic carbocycles. The Morgan fingerprint density at radius 3 is 2.82 bits per heavy atom. The zero-order valence-corrected chi connectivity index (χ0v) is 13.0. The molecule has 7 heteroatoms. The Morgan fingerprint density at radius 1 is 1.05 bits per heavy atom. The van der Waals surface area contributed by atoms with E-state index < -0.39 is 0 Å². The molecule has 0 saturated carbocycles. The summed E-state index contributed by atoms with van der Waals surface area (Å²) in [6.45, 7) is 0. The summed E-state index contributed by atoms with van der Waals surface area (Å²) < 4.78 is 5.65. The van der Waals surface area contributed by atoms with Crippen molar-refractivity contribution in [1.82, 2.24) is 20.2 Å². The highest BCUT2D eigenvalue weighted by molar-refractivity contribution is 7.99. The number of para-hydroxylation sites is 2. The van der Waals surface area contributed by atoms with Crippen molar-refractivity contribution in [3.63, 3.8) is 0 Å².